The lowest BCUT2D eigenvalue weighted by molar-refractivity contribution is 1.14. The van der Waals surface area contributed by atoms with Crippen molar-refractivity contribution in [1.29, 1.82) is 0 Å². The first kappa shape index (κ1) is 14.6. The van der Waals surface area contributed by atoms with Crippen LogP contribution in [-0.2, 0) is 0 Å². The highest BCUT2D eigenvalue weighted by Gasteiger charge is 2.19. The van der Waals surface area contributed by atoms with Gasteiger partial charge in [0.1, 0.15) is 16.9 Å². The van der Waals surface area contributed by atoms with Gasteiger partial charge in [0, 0.05) is 11.8 Å². The van der Waals surface area contributed by atoms with Gasteiger partial charge in [-0.15, -0.1) is 0 Å². The number of benzene rings is 2. The van der Waals surface area contributed by atoms with Crippen LogP contribution >= 0.6 is 0 Å². The van der Waals surface area contributed by atoms with Crippen LogP contribution in [0, 0.1) is 0 Å². The predicted molar refractivity (Wildman–Crippen MR) is 102 cm³/mol. The lowest BCUT2D eigenvalue weighted by Crippen LogP contribution is -2.11. The van der Waals surface area contributed by atoms with Gasteiger partial charge in [-0.2, -0.15) is 0 Å². The Morgan fingerprint density at radius 1 is 0.846 bits per heavy atom. The summed E-state index contributed by atoms with van der Waals surface area (Å²) in [4.78, 5) is 25.1. The van der Waals surface area contributed by atoms with Crippen molar-refractivity contribution in [2.24, 2.45) is 0 Å². The summed E-state index contributed by atoms with van der Waals surface area (Å²) in [6.45, 7) is 0. The van der Waals surface area contributed by atoms with Crippen LogP contribution in [0.5, 0.6) is 0 Å². The number of aromatic nitrogens is 4. The number of hydrogen-bond acceptors (Lipinski definition) is 3. The van der Waals surface area contributed by atoms with Gasteiger partial charge in [-0.3, -0.25) is 14.2 Å². The molecule has 1 N–H and O–H groups in total. The Bertz CT molecular complexity index is 1290. The van der Waals surface area contributed by atoms with Crippen molar-refractivity contribution in [3.63, 3.8) is 0 Å². The van der Waals surface area contributed by atoms with Crippen molar-refractivity contribution in [2.45, 2.75) is 0 Å². The summed E-state index contributed by atoms with van der Waals surface area (Å²) in [5, 5.41) is 0. The van der Waals surface area contributed by atoms with Crippen molar-refractivity contribution in [1.82, 2.24) is 19.4 Å². The van der Waals surface area contributed by atoms with Gasteiger partial charge >= 0.3 is 0 Å². The van der Waals surface area contributed by atoms with E-state index in [2.05, 4.69) is 9.97 Å². The number of nitrogens with one attached hydrogen (secondary N) is 1. The van der Waals surface area contributed by atoms with Gasteiger partial charge in [-0.1, -0.05) is 48.5 Å². The second kappa shape index (κ2) is 5.67. The molecule has 0 spiro atoms. The predicted octanol–water partition coefficient (Wildman–Crippen LogP) is 3.90. The van der Waals surface area contributed by atoms with E-state index >= 15 is 0 Å². The highest BCUT2D eigenvalue weighted by atomic mass is 16.1. The molecule has 0 bridgehead atoms. The summed E-state index contributed by atoms with van der Waals surface area (Å²) in [7, 11) is 0. The van der Waals surface area contributed by atoms with E-state index in [1.807, 2.05) is 77.2 Å². The molecule has 5 aromatic rings. The number of H-pyrrole nitrogens is 1. The minimum absolute atomic E-state index is 0.169. The highest BCUT2D eigenvalue weighted by molar-refractivity contribution is 5.88. The van der Waals surface area contributed by atoms with Gasteiger partial charge in [-0.25, -0.2) is 4.98 Å². The third-order valence-corrected chi connectivity index (χ3v) is 4.43. The molecule has 0 atom stereocenters. The molecule has 0 unspecified atom stereocenters. The lowest BCUT2D eigenvalue weighted by Gasteiger charge is -2.05. The van der Waals surface area contributed by atoms with Crippen LogP contribution in [0.4, 0.5) is 0 Å². The summed E-state index contributed by atoms with van der Waals surface area (Å²) in [5.74, 6) is 0.654. The number of para-hydroxylation sites is 2. The standard InChI is InChI=1S/C21H14N4O/c26-21-19-18(14-8-2-1-3-9-14)24-20(16-11-6-7-13-22-16)25(19)17-12-5-4-10-15(17)23-21/h1-13H,(H,23,26). The van der Waals surface area contributed by atoms with Gasteiger partial charge in [0.2, 0.25) is 0 Å². The van der Waals surface area contributed by atoms with Crippen LogP contribution < -0.4 is 5.56 Å². The quantitative estimate of drug-likeness (QED) is 0.531. The monoisotopic (exact) mass is 338 g/mol. The van der Waals surface area contributed by atoms with E-state index in [9.17, 15) is 4.79 Å². The third-order valence-electron chi connectivity index (χ3n) is 4.43. The van der Waals surface area contributed by atoms with Gasteiger partial charge in [0.25, 0.3) is 5.56 Å². The fraction of sp³-hybridized carbons (Fsp3) is 0. The smallest absolute Gasteiger partial charge is 0.275 e. The number of aromatic amines is 1. The number of imidazole rings is 1. The Labute approximate surface area is 148 Å². The molecule has 5 rings (SSSR count). The third kappa shape index (κ3) is 2.14. The first-order chi connectivity index (χ1) is 12.8. The zero-order chi connectivity index (χ0) is 17.5. The molecular formula is C21H14N4O. The molecule has 5 nitrogen and oxygen atoms in total. The average Bonchev–Trinajstić information content (AvgIpc) is 3.11. The van der Waals surface area contributed by atoms with Gasteiger partial charge in [0.05, 0.1) is 11.0 Å². The fourth-order valence-electron chi connectivity index (χ4n) is 3.28. The van der Waals surface area contributed by atoms with E-state index in [4.69, 9.17) is 4.98 Å². The second-order valence-electron chi connectivity index (χ2n) is 6.02. The summed E-state index contributed by atoms with van der Waals surface area (Å²) in [6.07, 6.45) is 1.73. The van der Waals surface area contributed by atoms with Crippen LogP contribution in [0.3, 0.4) is 0 Å². The Morgan fingerprint density at radius 2 is 1.62 bits per heavy atom. The van der Waals surface area contributed by atoms with Gasteiger partial charge in [-0.05, 0) is 24.3 Å². The molecule has 3 heterocycles. The Balaban J connectivity index is 2.00. The van der Waals surface area contributed by atoms with E-state index in [1.54, 1.807) is 6.20 Å². The molecule has 5 heteroatoms. The SMILES string of the molecule is O=c1[nH]c2ccccc2n2c(-c3ccccn3)nc(-c3ccccc3)c12. The van der Waals surface area contributed by atoms with Gasteiger partial charge < -0.3 is 4.98 Å². The number of hydrogen-bond donors (Lipinski definition) is 1. The maximum absolute atomic E-state index is 12.9. The average molecular weight is 338 g/mol. The van der Waals surface area contributed by atoms with Crippen LogP contribution in [-0.4, -0.2) is 19.4 Å². The molecule has 0 aliphatic heterocycles. The largest absolute Gasteiger partial charge is 0.319 e. The van der Waals surface area contributed by atoms with Crippen LogP contribution in [0.1, 0.15) is 0 Å². The highest BCUT2D eigenvalue weighted by Crippen LogP contribution is 2.29. The number of fused-ring (bicyclic) bond motifs is 3. The zero-order valence-corrected chi connectivity index (χ0v) is 13.8. The van der Waals surface area contributed by atoms with Crippen molar-refractivity contribution in [3.8, 4) is 22.8 Å². The molecule has 0 aliphatic carbocycles. The Kier molecular flexibility index (Phi) is 3.18. The second-order valence-corrected chi connectivity index (χ2v) is 6.02. The first-order valence-electron chi connectivity index (χ1n) is 8.33. The van der Waals surface area contributed by atoms with Crippen LogP contribution in [0.25, 0.3) is 39.3 Å². The van der Waals surface area contributed by atoms with Crippen molar-refractivity contribution in [2.75, 3.05) is 0 Å². The molecule has 124 valence electrons. The normalized spacial score (nSPS) is 11.2. The van der Waals surface area contributed by atoms with E-state index < -0.39 is 0 Å². The number of nitrogens with zero attached hydrogens (tertiary/aromatic N) is 3. The summed E-state index contributed by atoms with van der Waals surface area (Å²) >= 11 is 0. The Hall–Kier alpha value is -3.73. The first-order valence-corrected chi connectivity index (χ1v) is 8.33. The molecular weight excluding hydrogens is 324 g/mol. The Morgan fingerprint density at radius 3 is 2.42 bits per heavy atom. The van der Waals surface area contributed by atoms with Crippen molar-refractivity contribution >= 4 is 16.6 Å². The fourth-order valence-corrected chi connectivity index (χ4v) is 3.28. The molecule has 0 amide bonds. The van der Waals surface area contributed by atoms with Crippen LogP contribution in [0.2, 0.25) is 0 Å². The summed E-state index contributed by atoms with van der Waals surface area (Å²) in [6, 6.07) is 23.1. The molecule has 0 aliphatic rings. The van der Waals surface area contributed by atoms with E-state index in [-0.39, 0.29) is 5.56 Å². The number of pyridine rings is 1. The summed E-state index contributed by atoms with van der Waals surface area (Å²) in [5.41, 5.74) is 4.27. The molecule has 0 saturated heterocycles. The van der Waals surface area contributed by atoms with Crippen LogP contribution in [0.15, 0.2) is 83.8 Å². The summed E-state index contributed by atoms with van der Waals surface area (Å²) < 4.78 is 1.90. The lowest BCUT2D eigenvalue weighted by atomic mass is 10.1. The maximum Gasteiger partial charge on any atom is 0.275 e. The zero-order valence-electron chi connectivity index (χ0n) is 13.8. The maximum atomic E-state index is 12.9. The number of rotatable bonds is 2. The van der Waals surface area contributed by atoms with Crippen molar-refractivity contribution < 1.29 is 0 Å². The topological polar surface area (TPSA) is 63.0 Å². The van der Waals surface area contributed by atoms with E-state index in [0.717, 1.165) is 22.3 Å². The molecule has 0 fully saturated rings. The minimum atomic E-state index is -0.169. The van der Waals surface area contributed by atoms with E-state index in [0.29, 0.717) is 17.0 Å². The minimum Gasteiger partial charge on any atom is -0.319 e. The molecule has 3 aromatic heterocycles. The molecule has 2 aromatic carbocycles. The van der Waals surface area contributed by atoms with Crippen molar-refractivity contribution in [3.05, 3.63) is 89.3 Å². The molecule has 0 saturated carbocycles. The molecule has 26 heavy (non-hydrogen) atoms. The molecule has 0 radical (unpaired) electrons. The van der Waals surface area contributed by atoms with Gasteiger partial charge in [0.15, 0.2) is 5.82 Å². The van der Waals surface area contributed by atoms with E-state index in [1.165, 1.54) is 0 Å².